The fourth-order valence-corrected chi connectivity index (χ4v) is 8.14. The number of aliphatic hydroxyl groups is 1. The number of benzene rings is 2. The predicted octanol–water partition coefficient (Wildman–Crippen LogP) is 4.41. The second kappa shape index (κ2) is 22.5. The largest absolute Gasteiger partial charge is 0.497 e. The molecule has 4 bridgehead atoms. The Kier molecular flexibility index (Phi) is 17.2. The van der Waals surface area contributed by atoms with Crippen LogP contribution in [-0.2, 0) is 46.6 Å². The molecule has 6 atom stereocenters. The van der Waals surface area contributed by atoms with Crippen LogP contribution < -0.4 is 21.0 Å². The number of rotatable bonds is 14. The molecule has 6 rings (SSSR count). The molecule has 332 valence electrons. The molecule has 0 saturated carbocycles. The number of methoxy groups -OCH3 is 3. The van der Waals surface area contributed by atoms with Gasteiger partial charge in [0, 0.05) is 62.6 Å². The smallest absolute Gasteiger partial charge is 0.314 e. The lowest BCUT2D eigenvalue weighted by Gasteiger charge is -2.42. The molecule has 1 aliphatic carbocycles. The zero-order valence-corrected chi connectivity index (χ0v) is 36.5. The van der Waals surface area contributed by atoms with Gasteiger partial charge in [0.25, 0.3) is 11.8 Å². The van der Waals surface area contributed by atoms with Crippen LogP contribution in [0.25, 0.3) is 0 Å². The van der Waals surface area contributed by atoms with Crippen molar-refractivity contribution >= 4 is 29.9 Å². The van der Waals surface area contributed by atoms with Gasteiger partial charge >= 0.3 is 6.47 Å². The molecule has 62 heavy (non-hydrogen) atoms. The molecule has 0 spiro atoms. The van der Waals surface area contributed by atoms with Crippen LogP contribution in [0.5, 0.6) is 5.75 Å². The summed E-state index contributed by atoms with van der Waals surface area (Å²) in [6, 6.07) is 14.6. The fraction of sp³-hybridized carbons (Fsp3) is 0.426. The van der Waals surface area contributed by atoms with Gasteiger partial charge in [0.2, 0.25) is 11.6 Å². The van der Waals surface area contributed by atoms with E-state index in [1.165, 1.54) is 14.2 Å². The summed E-state index contributed by atoms with van der Waals surface area (Å²) in [6.07, 6.45) is 6.70. The molecular formula is C47H59N5O10. The molecule has 4 aliphatic rings. The number of amides is 2. The number of hydrogen-bond acceptors (Lipinski definition) is 13. The molecule has 4 N–H and O–H groups in total. The van der Waals surface area contributed by atoms with E-state index in [0.29, 0.717) is 12.1 Å². The van der Waals surface area contributed by atoms with E-state index in [2.05, 4.69) is 28.0 Å². The summed E-state index contributed by atoms with van der Waals surface area (Å²) >= 11 is 0. The van der Waals surface area contributed by atoms with Crippen LogP contribution in [0.2, 0.25) is 0 Å². The number of ether oxygens (including phenoxy) is 3. The van der Waals surface area contributed by atoms with Gasteiger partial charge in [-0.2, -0.15) is 0 Å². The lowest BCUT2D eigenvalue weighted by molar-refractivity contribution is -0.159. The molecular weight excluding hydrogens is 795 g/mol. The number of nitrogens with one attached hydrogen (secondary N) is 3. The summed E-state index contributed by atoms with van der Waals surface area (Å²) in [5.74, 6) is -2.52. The molecule has 15 heteroatoms. The topological polar surface area (TPSA) is 185 Å². The van der Waals surface area contributed by atoms with Crippen molar-refractivity contribution in [3.05, 3.63) is 124 Å². The van der Waals surface area contributed by atoms with Crippen LogP contribution in [0.4, 0.5) is 0 Å². The fourth-order valence-electron chi connectivity index (χ4n) is 8.14. The molecule has 3 aliphatic heterocycles. The van der Waals surface area contributed by atoms with Crippen molar-refractivity contribution in [2.75, 3.05) is 34.4 Å². The number of fused-ring (bicyclic) bond motifs is 9. The first kappa shape index (κ1) is 47.5. The number of carbonyl (C=O) groups is 5. The number of nitrogens with zero attached hydrogens (tertiary/aromatic N) is 2. The summed E-state index contributed by atoms with van der Waals surface area (Å²) in [6.45, 7) is 10.1. The standard InChI is InChI=1S/C47H59N5O10/c1-8-20-51(26-33-14-18-36(59-5)19-15-33)25-32-12-16-34(17-13-32)47(58)49-42-37-21-29(2)22-41(61-7)44(55)35-23-31(4)43(52(27-35)50-62-28-53)40(60-6)11-9-10-30(3)46(57)48-38(45(37)56)24-39(42)54/h9-19,23-24,28-29,35,40-41,43-44,50,55H,8,20-22,25-27H2,1-7H3,(H,48,57)(H,49,58)/b11-9-,30-10+/t29-,35-,40+,41+,43+,44-/m1/s1. The number of hydrogen-bond donors (Lipinski definition) is 4. The van der Waals surface area contributed by atoms with E-state index in [1.807, 2.05) is 56.3 Å². The Balaban J connectivity index is 1.42. The molecule has 2 aromatic rings. The van der Waals surface area contributed by atoms with Gasteiger partial charge in [-0.05, 0) is 81.0 Å². The Hall–Kier alpha value is -5.55. The molecule has 0 saturated heterocycles. The van der Waals surface area contributed by atoms with Crippen molar-refractivity contribution < 1.29 is 48.1 Å². The van der Waals surface area contributed by atoms with Gasteiger partial charge in [-0.25, -0.2) is 5.01 Å². The van der Waals surface area contributed by atoms with Crippen LogP contribution in [0, 0.1) is 11.8 Å². The number of aliphatic hydroxyl groups excluding tert-OH is 1. The second-order valence-corrected chi connectivity index (χ2v) is 16.0. The van der Waals surface area contributed by atoms with Crippen LogP contribution in [-0.4, -0.2) is 104 Å². The molecule has 0 radical (unpaired) electrons. The minimum atomic E-state index is -1.05. The quantitative estimate of drug-likeness (QED) is 0.0909. The van der Waals surface area contributed by atoms with Crippen molar-refractivity contribution in [3.63, 3.8) is 0 Å². The van der Waals surface area contributed by atoms with Crippen molar-refractivity contribution in [2.24, 2.45) is 11.8 Å². The van der Waals surface area contributed by atoms with E-state index in [4.69, 9.17) is 19.0 Å². The highest BCUT2D eigenvalue weighted by Crippen LogP contribution is 2.32. The maximum Gasteiger partial charge on any atom is 0.314 e. The lowest BCUT2D eigenvalue weighted by atomic mass is 9.83. The zero-order valence-electron chi connectivity index (χ0n) is 36.5. The Labute approximate surface area is 363 Å². The number of ketones is 2. The van der Waals surface area contributed by atoms with Gasteiger partial charge in [-0.15, -0.1) is 0 Å². The van der Waals surface area contributed by atoms with E-state index >= 15 is 0 Å². The maximum atomic E-state index is 14.2. The number of hydrazine groups is 1. The summed E-state index contributed by atoms with van der Waals surface area (Å²) in [4.78, 5) is 73.7. The Morgan fingerprint density at radius 1 is 1.00 bits per heavy atom. The summed E-state index contributed by atoms with van der Waals surface area (Å²) in [7, 11) is 4.64. The van der Waals surface area contributed by atoms with Crippen LogP contribution in [0.3, 0.4) is 0 Å². The van der Waals surface area contributed by atoms with Gasteiger partial charge in [-0.3, -0.25) is 28.9 Å². The van der Waals surface area contributed by atoms with Gasteiger partial charge in [-0.1, -0.05) is 73.6 Å². The number of Topliss-reactive ketones (excluding diaryl/α,β-unsaturated/α-hetero) is 1. The van der Waals surface area contributed by atoms with Gasteiger partial charge in [0.15, 0.2) is 0 Å². The Morgan fingerprint density at radius 3 is 2.29 bits per heavy atom. The van der Waals surface area contributed by atoms with Crippen molar-refractivity contribution in [1.82, 2.24) is 26.1 Å². The third-order valence-corrected chi connectivity index (χ3v) is 11.4. The van der Waals surface area contributed by atoms with E-state index < -0.39 is 53.7 Å². The highest BCUT2D eigenvalue weighted by Gasteiger charge is 2.39. The highest BCUT2D eigenvalue weighted by atomic mass is 16.7. The second-order valence-electron chi connectivity index (χ2n) is 16.0. The monoisotopic (exact) mass is 853 g/mol. The first-order valence-corrected chi connectivity index (χ1v) is 20.8. The Morgan fingerprint density at radius 2 is 1.68 bits per heavy atom. The van der Waals surface area contributed by atoms with Crippen LogP contribution >= 0.6 is 0 Å². The van der Waals surface area contributed by atoms with E-state index in [9.17, 15) is 29.1 Å². The lowest BCUT2D eigenvalue weighted by Crippen LogP contribution is -2.57. The SMILES string of the molecule is CCCN(Cc1ccc(OC)cc1)Cc1ccc(C(=O)NC2=C3C[C@@H](C)C[C@H](OC)[C@H](O)[C@@H]4C=C(C)[C@@H]([C@@H](OC)/C=C\C=C(/C)C(=O)NC(=CC2=O)C3=O)N(NOC=O)C4)cc1. The van der Waals surface area contributed by atoms with Gasteiger partial charge < -0.3 is 34.8 Å². The van der Waals surface area contributed by atoms with E-state index in [-0.39, 0.29) is 54.3 Å². The van der Waals surface area contributed by atoms with E-state index in [0.717, 1.165) is 48.0 Å². The van der Waals surface area contributed by atoms with Crippen molar-refractivity contribution in [3.8, 4) is 5.75 Å². The van der Waals surface area contributed by atoms with Gasteiger partial charge in [0.1, 0.15) is 5.75 Å². The number of allylic oxidation sites excluding steroid dienone is 4. The molecule has 0 fully saturated rings. The Bertz CT molecular complexity index is 2090. The average Bonchev–Trinajstić information content (AvgIpc) is 3.26. The van der Waals surface area contributed by atoms with Crippen LogP contribution in [0.1, 0.15) is 68.4 Å². The number of carbonyl (C=O) groups excluding carboxylic acids is 5. The average molecular weight is 854 g/mol. The minimum Gasteiger partial charge on any atom is -0.497 e. The maximum absolute atomic E-state index is 14.2. The first-order chi connectivity index (χ1) is 29.8. The molecule has 3 heterocycles. The molecule has 0 aromatic heterocycles. The molecule has 15 nitrogen and oxygen atoms in total. The zero-order chi connectivity index (χ0) is 44.9. The normalized spacial score (nSPS) is 25.4. The van der Waals surface area contributed by atoms with Gasteiger partial charge in [0.05, 0.1) is 42.9 Å². The molecule has 0 unspecified atom stereocenters. The predicted molar refractivity (Wildman–Crippen MR) is 231 cm³/mol. The summed E-state index contributed by atoms with van der Waals surface area (Å²) in [5.41, 5.74) is 5.75. The minimum absolute atomic E-state index is 0.00984. The summed E-state index contributed by atoms with van der Waals surface area (Å²) < 4.78 is 16.9. The first-order valence-electron chi connectivity index (χ1n) is 20.8. The highest BCUT2D eigenvalue weighted by molar-refractivity contribution is 6.24. The molecule has 2 aromatic carbocycles. The summed E-state index contributed by atoms with van der Waals surface area (Å²) in [5, 5.41) is 18.7. The third kappa shape index (κ3) is 12.1. The van der Waals surface area contributed by atoms with E-state index in [1.54, 1.807) is 49.4 Å². The molecule has 2 amide bonds. The van der Waals surface area contributed by atoms with Crippen molar-refractivity contribution in [2.45, 2.75) is 84.4 Å². The third-order valence-electron chi connectivity index (χ3n) is 11.4. The van der Waals surface area contributed by atoms with Crippen molar-refractivity contribution in [1.29, 1.82) is 0 Å². The van der Waals surface area contributed by atoms with Crippen LogP contribution in [0.15, 0.2) is 107 Å².